The summed E-state index contributed by atoms with van der Waals surface area (Å²) in [6.07, 6.45) is 5.77. The van der Waals surface area contributed by atoms with Crippen LogP contribution in [0.1, 0.15) is 12.8 Å². The summed E-state index contributed by atoms with van der Waals surface area (Å²) >= 11 is 0. The van der Waals surface area contributed by atoms with Crippen molar-refractivity contribution in [2.45, 2.75) is 25.0 Å². The molecule has 2 aliphatic rings. The molecule has 2 heterocycles. The maximum Gasteiger partial charge on any atom is 0.209 e. The molecule has 2 bridgehead atoms. The van der Waals surface area contributed by atoms with Gasteiger partial charge in [0.2, 0.25) is 6.17 Å². The maximum atomic E-state index is 2.44. The summed E-state index contributed by atoms with van der Waals surface area (Å²) in [6, 6.07) is 0.750. The molecule has 2 atom stereocenters. The van der Waals surface area contributed by atoms with Crippen LogP contribution in [-0.2, 0) is 0 Å². The highest BCUT2D eigenvalue weighted by Gasteiger charge is 2.42. The predicted octanol–water partition coefficient (Wildman–Crippen LogP) is 0.133. The molecule has 2 nitrogen and oxygen atoms in total. The number of hydrogen-bond acceptors (Lipinski definition) is 1. The van der Waals surface area contributed by atoms with Crippen molar-refractivity contribution in [1.82, 2.24) is 4.90 Å². The van der Waals surface area contributed by atoms with Gasteiger partial charge in [0.15, 0.2) is 6.21 Å². The third-order valence-corrected chi connectivity index (χ3v) is 2.59. The van der Waals surface area contributed by atoms with E-state index in [4.69, 9.17) is 0 Å². The minimum absolute atomic E-state index is 0.718. The van der Waals surface area contributed by atoms with Crippen LogP contribution in [0.15, 0.2) is 0 Å². The normalized spacial score (nSPS) is 41.8. The van der Waals surface area contributed by atoms with Crippen molar-refractivity contribution in [3.05, 3.63) is 0 Å². The Hall–Kier alpha value is -0.370. The van der Waals surface area contributed by atoms with E-state index in [1.165, 1.54) is 12.8 Å². The smallest absolute Gasteiger partial charge is 0.209 e. The van der Waals surface area contributed by atoms with Gasteiger partial charge in [0.05, 0.1) is 6.04 Å². The fraction of sp³-hybridized carbons (Fsp3) is 0.857. The lowest BCUT2D eigenvalue weighted by Gasteiger charge is -2.08. The first-order valence-corrected chi connectivity index (χ1v) is 3.58. The van der Waals surface area contributed by atoms with E-state index >= 15 is 0 Å². The molecule has 0 saturated carbocycles. The summed E-state index contributed by atoms with van der Waals surface area (Å²) in [5.41, 5.74) is 0. The van der Waals surface area contributed by atoms with Crippen molar-refractivity contribution in [2.75, 3.05) is 14.1 Å². The fourth-order valence-electron chi connectivity index (χ4n) is 1.99. The molecule has 0 aliphatic carbocycles. The molecular formula is C7H13N2+. The maximum absolute atomic E-state index is 2.44. The number of nitrogens with zero attached hydrogens (tertiary/aromatic N) is 2. The zero-order chi connectivity index (χ0) is 6.43. The second kappa shape index (κ2) is 1.57. The molecule has 0 aromatic rings. The minimum atomic E-state index is 0.718. The van der Waals surface area contributed by atoms with Crippen molar-refractivity contribution in [1.29, 1.82) is 0 Å². The van der Waals surface area contributed by atoms with Gasteiger partial charge in [-0.1, -0.05) is 0 Å². The Bertz CT molecular complexity index is 162. The van der Waals surface area contributed by atoms with Gasteiger partial charge in [-0.3, -0.25) is 0 Å². The average Bonchev–Trinajstić information content (AvgIpc) is 2.25. The van der Waals surface area contributed by atoms with E-state index in [1.807, 2.05) is 0 Å². The number of fused-ring (bicyclic) bond motifs is 2. The third-order valence-electron chi connectivity index (χ3n) is 2.59. The molecule has 0 amide bonds. The Morgan fingerprint density at radius 1 is 1.56 bits per heavy atom. The second-order valence-corrected chi connectivity index (χ2v) is 3.11. The molecule has 9 heavy (non-hydrogen) atoms. The zero-order valence-corrected chi connectivity index (χ0v) is 6.04. The van der Waals surface area contributed by atoms with E-state index in [0.29, 0.717) is 0 Å². The topological polar surface area (TPSA) is 6.25 Å². The lowest BCUT2D eigenvalue weighted by atomic mass is 10.2. The van der Waals surface area contributed by atoms with Crippen molar-refractivity contribution in [3.63, 3.8) is 0 Å². The summed E-state index contributed by atoms with van der Waals surface area (Å²) in [5.74, 6) is 0. The second-order valence-electron chi connectivity index (χ2n) is 3.11. The molecule has 2 heteroatoms. The van der Waals surface area contributed by atoms with Gasteiger partial charge >= 0.3 is 0 Å². The Morgan fingerprint density at radius 3 is 2.56 bits per heavy atom. The quantitative estimate of drug-likeness (QED) is 0.417. The molecule has 50 valence electrons. The van der Waals surface area contributed by atoms with Crippen molar-refractivity contribution in [3.8, 4) is 0 Å². The molecule has 2 aliphatic heterocycles. The van der Waals surface area contributed by atoms with Gasteiger partial charge in [0.1, 0.15) is 7.05 Å². The van der Waals surface area contributed by atoms with E-state index in [2.05, 4.69) is 29.8 Å². The molecule has 0 aromatic carbocycles. The van der Waals surface area contributed by atoms with Crippen molar-refractivity contribution in [2.24, 2.45) is 0 Å². The summed E-state index contributed by atoms with van der Waals surface area (Å²) in [7, 11) is 4.38. The van der Waals surface area contributed by atoms with Gasteiger partial charge in [0.25, 0.3) is 0 Å². The Labute approximate surface area is 55.8 Å². The molecule has 0 aromatic heterocycles. The van der Waals surface area contributed by atoms with Crippen molar-refractivity contribution < 1.29 is 4.58 Å². The van der Waals surface area contributed by atoms with Gasteiger partial charge in [-0.2, -0.15) is 0 Å². The molecular weight excluding hydrogens is 112 g/mol. The van der Waals surface area contributed by atoms with Gasteiger partial charge < -0.3 is 0 Å². The Morgan fingerprint density at radius 2 is 2.33 bits per heavy atom. The van der Waals surface area contributed by atoms with Crippen LogP contribution in [0.3, 0.4) is 0 Å². The van der Waals surface area contributed by atoms with Crippen LogP contribution in [0.4, 0.5) is 0 Å². The first-order chi connectivity index (χ1) is 4.29. The summed E-state index contributed by atoms with van der Waals surface area (Å²) in [6.45, 7) is 0. The summed E-state index contributed by atoms with van der Waals surface area (Å²) < 4.78 is 2.33. The number of rotatable bonds is 0. The lowest BCUT2D eigenvalue weighted by molar-refractivity contribution is -0.544. The molecule has 2 rings (SSSR count). The Kier molecular flexibility index (Phi) is 0.943. The molecule has 2 unspecified atom stereocenters. The predicted molar refractivity (Wildman–Crippen MR) is 36.8 cm³/mol. The van der Waals surface area contributed by atoms with Crippen LogP contribution in [0.2, 0.25) is 0 Å². The van der Waals surface area contributed by atoms with Crippen LogP contribution in [-0.4, -0.2) is 42.0 Å². The van der Waals surface area contributed by atoms with Crippen molar-refractivity contribution >= 4 is 6.21 Å². The molecule has 0 radical (unpaired) electrons. The van der Waals surface area contributed by atoms with Crippen LogP contribution < -0.4 is 0 Å². The van der Waals surface area contributed by atoms with E-state index < -0.39 is 0 Å². The van der Waals surface area contributed by atoms with E-state index in [1.54, 1.807) is 0 Å². The molecule has 0 N–H and O–H groups in total. The monoisotopic (exact) mass is 125 g/mol. The van der Waals surface area contributed by atoms with E-state index in [-0.39, 0.29) is 0 Å². The average molecular weight is 125 g/mol. The highest BCUT2D eigenvalue weighted by molar-refractivity contribution is 5.61. The highest BCUT2D eigenvalue weighted by atomic mass is 15.4. The zero-order valence-electron chi connectivity index (χ0n) is 6.04. The van der Waals surface area contributed by atoms with Gasteiger partial charge in [0, 0.05) is 6.42 Å². The Balaban J connectivity index is 2.30. The van der Waals surface area contributed by atoms with Crippen LogP contribution in [0.5, 0.6) is 0 Å². The SMILES string of the molecule is CN1C2C=[N+](C)C1CC2. The largest absolute Gasteiger partial charge is 0.236 e. The van der Waals surface area contributed by atoms with Crippen LogP contribution in [0, 0.1) is 0 Å². The number of hydrogen-bond donors (Lipinski definition) is 0. The van der Waals surface area contributed by atoms with Gasteiger partial charge in [-0.15, -0.1) is 0 Å². The van der Waals surface area contributed by atoms with E-state index in [9.17, 15) is 0 Å². The van der Waals surface area contributed by atoms with Gasteiger partial charge in [-0.25, -0.2) is 9.48 Å². The first-order valence-electron chi connectivity index (χ1n) is 3.58. The van der Waals surface area contributed by atoms with Crippen LogP contribution >= 0.6 is 0 Å². The summed E-state index contributed by atoms with van der Waals surface area (Å²) in [4.78, 5) is 2.44. The minimum Gasteiger partial charge on any atom is -0.236 e. The standard InChI is InChI=1S/C7H13N2/c1-8-5-6-3-4-7(8)9(6)2/h5-7H,3-4H2,1-2H3/q+1. The fourth-order valence-corrected chi connectivity index (χ4v) is 1.99. The molecule has 0 spiro atoms. The highest BCUT2D eigenvalue weighted by Crippen LogP contribution is 2.25. The van der Waals surface area contributed by atoms with E-state index in [0.717, 1.165) is 12.2 Å². The molecule has 1 saturated heterocycles. The molecule has 1 fully saturated rings. The van der Waals surface area contributed by atoms with Crippen LogP contribution in [0.25, 0.3) is 0 Å². The van der Waals surface area contributed by atoms with Gasteiger partial charge in [-0.05, 0) is 13.5 Å². The summed E-state index contributed by atoms with van der Waals surface area (Å²) in [5, 5.41) is 0. The first kappa shape index (κ1) is 5.42. The lowest BCUT2D eigenvalue weighted by Crippen LogP contribution is -2.29. The third kappa shape index (κ3) is 0.568.